The number of carbonyl (C=O) groups is 1. The maximum Gasteiger partial charge on any atom is 0.360 e. The molecule has 7 nitrogen and oxygen atoms in total. The average molecular weight is 319 g/mol. The lowest BCUT2D eigenvalue weighted by Gasteiger charge is -2.09. The van der Waals surface area contributed by atoms with Gasteiger partial charge >= 0.3 is 5.97 Å². The monoisotopic (exact) mass is 319 g/mol. The second-order valence-electron chi connectivity index (χ2n) is 4.40. The van der Waals surface area contributed by atoms with Crippen LogP contribution in [0.2, 0.25) is 0 Å². The Balaban J connectivity index is 2.22. The molecule has 0 aliphatic heterocycles. The van der Waals surface area contributed by atoms with Crippen molar-refractivity contribution >= 4 is 18.1 Å². The van der Waals surface area contributed by atoms with Gasteiger partial charge in [-0.25, -0.2) is 9.78 Å². The molecule has 1 aromatic carbocycles. The molecule has 23 heavy (non-hydrogen) atoms. The van der Waals surface area contributed by atoms with E-state index in [4.69, 9.17) is 18.6 Å². The number of aromatic nitrogens is 1. The molecule has 7 heteroatoms. The minimum Gasteiger partial charge on any atom is -0.502 e. The summed E-state index contributed by atoms with van der Waals surface area (Å²) in [6.45, 7) is 1.98. The standard InChI is InChI=1S/C16H17NO6/c1-4-22-16(19)11-9-23-14(17-11)6-5-10-7-12(20-2)15(18)13(8-10)21-3/h5-9,18H,4H2,1-3H3/b6-5+. The van der Waals surface area contributed by atoms with Crippen molar-refractivity contribution < 1.29 is 28.5 Å². The first-order valence-electron chi connectivity index (χ1n) is 6.84. The first kappa shape index (κ1) is 16.4. The fraction of sp³-hybridized carbons (Fsp3) is 0.250. The largest absolute Gasteiger partial charge is 0.502 e. The Labute approximate surface area is 133 Å². The van der Waals surface area contributed by atoms with Gasteiger partial charge in [-0.1, -0.05) is 0 Å². The van der Waals surface area contributed by atoms with Crippen LogP contribution in [0.5, 0.6) is 17.2 Å². The van der Waals surface area contributed by atoms with Crippen molar-refractivity contribution in [1.82, 2.24) is 4.98 Å². The van der Waals surface area contributed by atoms with E-state index in [9.17, 15) is 9.90 Å². The molecule has 0 atom stereocenters. The molecule has 0 radical (unpaired) electrons. The molecule has 0 amide bonds. The molecule has 0 saturated carbocycles. The smallest absolute Gasteiger partial charge is 0.360 e. The number of rotatable bonds is 6. The Morgan fingerprint density at radius 1 is 1.26 bits per heavy atom. The van der Waals surface area contributed by atoms with E-state index in [1.165, 1.54) is 20.5 Å². The molecule has 122 valence electrons. The van der Waals surface area contributed by atoms with Crippen LogP contribution in [0.4, 0.5) is 0 Å². The minimum atomic E-state index is -0.538. The molecule has 0 bridgehead atoms. The Hall–Kier alpha value is -2.96. The number of benzene rings is 1. The maximum atomic E-state index is 11.5. The SMILES string of the molecule is CCOC(=O)c1coc(/C=C/c2cc(OC)c(O)c(OC)c2)n1. The van der Waals surface area contributed by atoms with E-state index < -0.39 is 5.97 Å². The Morgan fingerprint density at radius 2 is 1.91 bits per heavy atom. The molecule has 0 spiro atoms. The zero-order valence-electron chi connectivity index (χ0n) is 13.0. The van der Waals surface area contributed by atoms with Gasteiger partial charge in [0.15, 0.2) is 17.2 Å². The van der Waals surface area contributed by atoms with Gasteiger partial charge < -0.3 is 23.7 Å². The molecule has 2 rings (SSSR count). The topological polar surface area (TPSA) is 91.0 Å². The predicted molar refractivity (Wildman–Crippen MR) is 82.6 cm³/mol. The predicted octanol–water partition coefficient (Wildman–Crippen LogP) is 2.74. The van der Waals surface area contributed by atoms with Crippen molar-refractivity contribution in [2.45, 2.75) is 6.92 Å². The highest BCUT2D eigenvalue weighted by atomic mass is 16.5. The highest BCUT2D eigenvalue weighted by molar-refractivity contribution is 5.87. The highest BCUT2D eigenvalue weighted by Gasteiger charge is 2.12. The number of hydrogen-bond donors (Lipinski definition) is 1. The Kier molecular flexibility index (Phi) is 5.24. The second kappa shape index (κ2) is 7.35. The number of phenols is 1. The summed E-state index contributed by atoms with van der Waals surface area (Å²) in [5.74, 6) is 0.197. The van der Waals surface area contributed by atoms with E-state index >= 15 is 0 Å². The number of nitrogens with zero attached hydrogens (tertiary/aromatic N) is 1. The summed E-state index contributed by atoms with van der Waals surface area (Å²) in [6, 6.07) is 3.26. The third-order valence-electron chi connectivity index (χ3n) is 2.93. The molecular formula is C16H17NO6. The summed E-state index contributed by atoms with van der Waals surface area (Å²) in [7, 11) is 2.89. The lowest BCUT2D eigenvalue weighted by Crippen LogP contribution is -2.04. The number of esters is 1. The summed E-state index contributed by atoms with van der Waals surface area (Å²) >= 11 is 0. The van der Waals surface area contributed by atoms with Crippen molar-refractivity contribution in [3.8, 4) is 17.2 Å². The molecular weight excluding hydrogens is 302 g/mol. The fourth-order valence-corrected chi connectivity index (χ4v) is 1.84. The lowest BCUT2D eigenvalue weighted by molar-refractivity contribution is 0.0519. The van der Waals surface area contributed by atoms with Crippen LogP contribution in [0.1, 0.15) is 28.9 Å². The summed E-state index contributed by atoms with van der Waals surface area (Å²) in [5, 5.41) is 9.86. The normalized spacial score (nSPS) is 10.7. The van der Waals surface area contributed by atoms with Crippen molar-refractivity contribution in [3.63, 3.8) is 0 Å². The summed E-state index contributed by atoms with van der Waals surface area (Å²) in [4.78, 5) is 15.5. The third-order valence-corrected chi connectivity index (χ3v) is 2.93. The average Bonchev–Trinajstić information content (AvgIpc) is 3.03. The number of methoxy groups -OCH3 is 2. The number of oxazole rings is 1. The first-order chi connectivity index (χ1) is 11.1. The van der Waals surface area contributed by atoms with Gasteiger partial charge in [-0.3, -0.25) is 0 Å². The number of aromatic hydroxyl groups is 1. The zero-order valence-corrected chi connectivity index (χ0v) is 13.0. The number of carbonyl (C=O) groups excluding carboxylic acids is 1. The van der Waals surface area contributed by atoms with Gasteiger partial charge in [0.05, 0.1) is 20.8 Å². The van der Waals surface area contributed by atoms with Crippen LogP contribution in [0.15, 0.2) is 22.8 Å². The lowest BCUT2D eigenvalue weighted by atomic mass is 10.1. The van der Waals surface area contributed by atoms with Crippen molar-refractivity contribution in [2.75, 3.05) is 20.8 Å². The van der Waals surface area contributed by atoms with Crippen LogP contribution in [0, 0.1) is 0 Å². The van der Waals surface area contributed by atoms with Gasteiger partial charge in [0.2, 0.25) is 11.6 Å². The molecule has 1 aromatic heterocycles. The van der Waals surface area contributed by atoms with Gasteiger partial charge in [0, 0.05) is 6.08 Å². The first-order valence-corrected chi connectivity index (χ1v) is 6.84. The number of ether oxygens (including phenoxy) is 3. The van der Waals surface area contributed by atoms with E-state index in [1.807, 2.05) is 0 Å². The van der Waals surface area contributed by atoms with E-state index in [0.29, 0.717) is 5.56 Å². The Morgan fingerprint density at radius 3 is 2.48 bits per heavy atom. The quantitative estimate of drug-likeness (QED) is 0.818. The molecule has 2 aromatic rings. The Bertz CT molecular complexity index is 694. The van der Waals surface area contributed by atoms with Crippen molar-refractivity contribution in [3.05, 3.63) is 35.5 Å². The fourth-order valence-electron chi connectivity index (χ4n) is 1.84. The van der Waals surface area contributed by atoms with Crippen LogP contribution < -0.4 is 9.47 Å². The zero-order chi connectivity index (χ0) is 16.8. The van der Waals surface area contributed by atoms with Crippen LogP contribution in [0.3, 0.4) is 0 Å². The molecule has 0 saturated heterocycles. The van der Waals surface area contributed by atoms with Crippen LogP contribution in [-0.4, -0.2) is 36.9 Å². The minimum absolute atomic E-state index is 0.0760. The van der Waals surface area contributed by atoms with Crippen LogP contribution in [0.25, 0.3) is 12.2 Å². The third kappa shape index (κ3) is 3.82. The number of phenolic OH excluding ortho intramolecular Hbond substituents is 1. The van der Waals surface area contributed by atoms with Gasteiger partial charge in [0.25, 0.3) is 0 Å². The second-order valence-corrected chi connectivity index (χ2v) is 4.40. The molecule has 0 unspecified atom stereocenters. The molecule has 0 fully saturated rings. The van der Waals surface area contributed by atoms with E-state index in [2.05, 4.69) is 4.98 Å². The van der Waals surface area contributed by atoms with Gasteiger partial charge in [-0.2, -0.15) is 0 Å². The summed E-state index contributed by atoms with van der Waals surface area (Å²) in [5.41, 5.74) is 0.805. The molecule has 0 aliphatic carbocycles. The van der Waals surface area contributed by atoms with Crippen molar-refractivity contribution in [1.29, 1.82) is 0 Å². The van der Waals surface area contributed by atoms with E-state index in [1.54, 1.807) is 31.2 Å². The number of hydrogen-bond acceptors (Lipinski definition) is 7. The highest BCUT2D eigenvalue weighted by Crippen LogP contribution is 2.37. The molecule has 1 heterocycles. The maximum absolute atomic E-state index is 11.5. The van der Waals surface area contributed by atoms with Gasteiger partial charge in [-0.15, -0.1) is 0 Å². The summed E-state index contributed by atoms with van der Waals surface area (Å²) in [6.07, 6.45) is 4.49. The van der Waals surface area contributed by atoms with Crippen LogP contribution >= 0.6 is 0 Å². The van der Waals surface area contributed by atoms with E-state index in [0.717, 1.165) is 0 Å². The van der Waals surface area contributed by atoms with Crippen molar-refractivity contribution in [2.24, 2.45) is 0 Å². The van der Waals surface area contributed by atoms with Gasteiger partial charge in [-0.05, 0) is 30.7 Å². The summed E-state index contributed by atoms with van der Waals surface area (Å²) < 4.78 is 20.2. The van der Waals surface area contributed by atoms with E-state index in [-0.39, 0.29) is 35.4 Å². The van der Waals surface area contributed by atoms with Crippen LogP contribution in [-0.2, 0) is 4.74 Å². The van der Waals surface area contributed by atoms with Gasteiger partial charge in [0.1, 0.15) is 6.26 Å². The molecule has 0 aliphatic rings. The molecule has 1 N–H and O–H groups in total.